The first kappa shape index (κ1) is 21.9. The maximum atomic E-state index is 15.1. The van der Waals surface area contributed by atoms with E-state index in [1.807, 2.05) is 31.2 Å². The summed E-state index contributed by atoms with van der Waals surface area (Å²) < 4.78 is 22.1. The maximum absolute atomic E-state index is 15.1. The number of imidazole rings is 1. The lowest BCUT2D eigenvalue weighted by Crippen LogP contribution is -2.13. The Morgan fingerprint density at radius 3 is 2.47 bits per heavy atom. The van der Waals surface area contributed by atoms with Gasteiger partial charge in [-0.2, -0.15) is 0 Å². The van der Waals surface area contributed by atoms with Crippen LogP contribution in [0.3, 0.4) is 0 Å². The molecule has 32 heavy (non-hydrogen) atoms. The minimum Gasteiger partial charge on any atom is -0.496 e. The highest BCUT2D eigenvalue weighted by Crippen LogP contribution is 2.40. The molecular formula is C24H18Cl2FN3O2. The van der Waals surface area contributed by atoms with Crippen molar-refractivity contribution in [2.45, 2.75) is 6.92 Å². The molecule has 0 saturated carbocycles. The first-order chi connectivity index (χ1) is 15.3. The summed E-state index contributed by atoms with van der Waals surface area (Å²) in [7, 11) is 1.48. The van der Waals surface area contributed by atoms with Crippen LogP contribution >= 0.6 is 23.2 Å². The van der Waals surface area contributed by atoms with E-state index in [-0.39, 0.29) is 17.1 Å². The molecule has 0 aliphatic rings. The lowest BCUT2D eigenvalue weighted by Gasteiger charge is -2.16. The molecule has 0 radical (unpaired) electrons. The van der Waals surface area contributed by atoms with Gasteiger partial charge in [-0.25, -0.2) is 9.37 Å². The fourth-order valence-corrected chi connectivity index (χ4v) is 3.91. The van der Waals surface area contributed by atoms with E-state index in [2.05, 4.69) is 4.98 Å². The summed E-state index contributed by atoms with van der Waals surface area (Å²) in [6.07, 6.45) is 0. The maximum Gasteiger partial charge on any atom is 0.269 e. The molecule has 4 aromatic rings. The number of nitrogens with zero attached hydrogens (tertiary/aromatic N) is 2. The zero-order valence-corrected chi connectivity index (χ0v) is 18.7. The monoisotopic (exact) mass is 469 g/mol. The molecule has 1 aromatic heterocycles. The molecule has 0 saturated heterocycles. The third-order valence-electron chi connectivity index (χ3n) is 4.95. The summed E-state index contributed by atoms with van der Waals surface area (Å²) in [5.74, 6) is -0.604. The molecule has 2 N–H and O–H groups in total. The van der Waals surface area contributed by atoms with Crippen LogP contribution in [0.15, 0.2) is 60.7 Å². The van der Waals surface area contributed by atoms with Crippen LogP contribution in [0.1, 0.15) is 16.1 Å². The van der Waals surface area contributed by atoms with E-state index in [9.17, 15) is 4.79 Å². The van der Waals surface area contributed by atoms with E-state index in [0.29, 0.717) is 32.7 Å². The van der Waals surface area contributed by atoms with Crippen LogP contribution < -0.4 is 10.5 Å². The number of nitrogens with two attached hydrogens (primary N) is 1. The lowest BCUT2D eigenvalue weighted by molar-refractivity contribution is 0.0996. The van der Waals surface area contributed by atoms with Crippen LogP contribution in [0.2, 0.25) is 10.0 Å². The van der Waals surface area contributed by atoms with Gasteiger partial charge in [0.25, 0.3) is 5.91 Å². The number of primary amides is 1. The van der Waals surface area contributed by atoms with E-state index in [1.54, 1.807) is 18.2 Å². The number of aromatic nitrogens is 2. The Morgan fingerprint density at radius 2 is 1.78 bits per heavy atom. The number of ether oxygens (including phenoxy) is 1. The first-order valence-corrected chi connectivity index (χ1v) is 10.3. The van der Waals surface area contributed by atoms with Gasteiger partial charge in [-0.3, -0.25) is 9.36 Å². The summed E-state index contributed by atoms with van der Waals surface area (Å²) >= 11 is 12.5. The van der Waals surface area contributed by atoms with Crippen molar-refractivity contribution >= 4 is 29.1 Å². The van der Waals surface area contributed by atoms with Crippen molar-refractivity contribution in [3.05, 3.63) is 87.8 Å². The SMILES string of the molecule is COc1ccc(Cl)cc1-c1c(C(N)=O)nc(-c2cccc(C)c2)n1-c1cc(Cl)ccc1F. The molecule has 0 atom stereocenters. The summed E-state index contributed by atoms with van der Waals surface area (Å²) in [5, 5.41) is 0.711. The molecule has 0 aliphatic carbocycles. The minimum atomic E-state index is -0.780. The number of benzene rings is 3. The van der Waals surface area contributed by atoms with E-state index in [0.717, 1.165) is 5.56 Å². The fourth-order valence-electron chi connectivity index (χ4n) is 3.58. The second-order valence-corrected chi connectivity index (χ2v) is 8.01. The average Bonchev–Trinajstić information content (AvgIpc) is 3.16. The van der Waals surface area contributed by atoms with Gasteiger partial charge in [-0.15, -0.1) is 0 Å². The predicted molar refractivity (Wildman–Crippen MR) is 124 cm³/mol. The molecule has 0 unspecified atom stereocenters. The molecule has 0 aliphatic heterocycles. The Balaban J connectivity index is 2.19. The number of methoxy groups -OCH3 is 1. The molecule has 3 aromatic carbocycles. The number of hydrogen-bond acceptors (Lipinski definition) is 3. The largest absolute Gasteiger partial charge is 0.496 e. The standard InChI is InChI=1S/C24H18Cl2FN3O2/c1-13-4-3-5-14(10-13)24-29-21(23(28)31)22(17-11-15(25)7-9-20(17)32-2)30(24)19-12-16(26)6-8-18(19)27/h3-12H,1-2H3,(H2,28,31). The number of aryl methyl sites for hydroxylation is 1. The Labute approximate surface area is 194 Å². The number of rotatable bonds is 5. The zero-order valence-electron chi connectivity index (χ0n) is 17.2. The van der Waals surface area contributed by atoms with E-state index >= 15 is 4.39 Å². The van der Waals surface area contributed by atoms with Crippen molar-refractivity contribution < 1.29 is 13.9 Å². The molecule has 4 rings (SSSR count). The summed E-state index contributed by atoms with van der Waals surface area (Å²) in [6, 6.07) is 16.5. The summed E-state index contributed by atoms with van der Waals surface area (Å²) in [6.45, 7) is 1.92. The number of halogens is 3. The molecule has 1 heterocycles. The molecule has 5 nitrogen and oxygen atoms in total. The summed E-state index contributed by atoms with van der Waals surface area (Å²) in [5.41, 5.74) is 8.06. The molecule has 0 spiro atoms. The summed E-state index contributed by atoms with van der Waals surface area (Å²) in [4.78, 5) is 17.0. The Hall–Kier alpha value is -3.35. The van der Waals surface area contributed by atoms with E-state index in [1.165, 1.54) is 29.9 Å². The topological polar surface area (TPSA) is 70.1 Å². The average molecular weight is 470 g/mol. The second-order valence-electron chi connectivity index (χ2n) is 7.14. The van der Waals surface area contributed by atoms with E-state index in [4.69, 9.17) is 33.7 Å². The van der Waals surface area contributed by atoms with Gasteiger partial charge in [-0.05, 0) is 49.4 Å². The second kappa shape index (κ2) is 8.65. The quantitative estimate of drug-likeness (QED) is 0.385. The van der Waals surface area contributed by atoms with Crippen LogP contribution in [0, 0.1) is 12.7 Å². The van der Waals surface area contributed by atoms with Crippen molar-refractivity contribution in [3.63, 3.8) is 0 Å². The zero-order chi connectivity index (χ0) is 23.0. The smallest absolute Gasteiger partial charge is 0.269 e. The Bertz CT molecular complexity index is 1350. The molecule has 8 heteroatoms. The van der Waals surface area contributed by atoms with Crippen molar-refractivity contribution in [1.29, 1.82) is 0 Å². The van der Waals surface area contributed by atoms with Gasteiger partial charge >= 0.3 is 0 Å². The Morgan fingerprint density at radius 1 is 1.06 bits per heavy atom. The number of carbonyl (C=O) groups is 1. The molecule has 0 bridgehead atoms. The van der Waals surface area contributed by atoms with Crippen molar-refractivity contribution in [2.24, 2.45) is 5.73 Å². The van der Waals surface area contributed by atoms with Crippen molar-refractivity contribution in [3.8, 4) is 34.1 Å². The van der Waals surface area contributed by atoms with Gasteiger partial charge < -0.3 is 10.5 Å². The highest BCUT2D eigenvalue weighted by Gasteiger charge is 2.28. The van der Waals surface area contributed by atoms with Crippen LogP contribution in [0.5, 0.6) is 5.75 Å². The van der Waals surface area contributed by atoms with E-state index < -0.39 is 11.7 Å². The highest BCUT2D eigenvalue weighted by molar-refractivity contribution is 6.31. The normalized spacial score (nSPS) is 10.9. The Kier molecular flexibility index (Phi) is 5.91. The number of carbonyl (C=O) groups excluding carboxylic acids is 1. The van der Waals surface area contributed by atoms with Crippen LogP contribution in [0.4, 0.5) is 4.39 Å². The minimum absolute atomic E-state index is 0.0542. The number of hydrogen-bond donors (Lipinski definition) is 1. The number of amides is 1. The molecule has 0 fully saturated rings. The van der Waals surface area contributed by atoms with Gasteiger partial charge in [-0.1, -0.05) is 47.0 Å². The van der Waals surface area contributed by atoms with Crippen LogP contribution in [0.25, 0.3) is 28.3 Å². The molecule has 1 amide bonds. The van der Waals surface area contributed by atoms with Crippen molar-refractivity contribution in [1.82, 2.24) is 9.55 Å². The fraction of sp³-hybridized carbons (Fsp3) is 0.0833. The van der Waals surface area contributed by atoms with Gasteiger partial charge in [0, 0.05) is 21.2 Å². The molecular weight excluding hydrogens is 452 g/mol. The van der Waals surface area contributed by atoms with Crippen LogP contribution in [-0.4, -0.2) is 22.6 Å². The van der Waals surface area contributed by atoms with Gasteiger partial charge in [0.1, 0.15) is 17.4 Å². The first-order valence-electron chi connectivity index (χ1n) is 9.59. The molecule has 162 valence electrons. The third kappa shape index (κ3) is 3.95. The third-order valence-corrected chi connectivity index (χ3v) is 5.42. The van der Waals surface area contributed by atoms with Crippen molar-refractivity contribution in [2.75, 3.05) is 7.11 Å². The highest BCUT2D eigenvalue weighted by atomic mass is 35.5. The van der Waals surface area contributed by atoms with Crippen LogP contribution in [-0.2, 0) is 0 Å². The predicted octanol–water partition coefficient (Wildman–Crippen LogP) is 6.07. The van der Waals surface area contributed by atoms with Gasteiger partial charge in [0.2, 0.25) is 0 Å². The lowest BCUT2D eigenvalue weighted by atomic mass is 10.1. The van der Waals surface area contributed by atoms with Gasteiger partial charge in [0.05, 0.1) is 18.5 Å². The van der Waals surface area contributed by atoms with Gasteiger partial charge in [0.15, 0.2) is 5.69 Å².